The predicted molar refractivity (Wildman–Crippen MR) is 83.4 cm³/mol. The van der Waals surface area contributed by atoms with Crippen molar-refractivity contribution in [1.82, 2.24) is 0 Å². The van der Waals surface area contributed by atoms with Crippen molar-refractivity contribution in [2.75, 3.05) is 11.9 Å². The summed E-state index contributed by atoms with van der Waals surface area (Å²) >= 11 is 0. The number of nitrogens with one attached hydrogen (secondary N) is 1. The number of amides is 1. The molecule has 0 spiro atoms. The number of nitro benzene ring substituents is 1. The minimum absolute atomic E-state index is 0.265. The maximum absolute atomic E-state index is 13.4. The topological polar surface area (TPSA) is 98.5 Å². The Balaban J connectivity index is 2.08. The van der Waals surface area contributed by atoms with Gasteiger partial charge in [-0.15, -0.1) is 0 Å². The van der Waals surface area contributed by atoms with Crippen molar-refractivity contribution in [2.45, 2.75) is 6.18 Å². The van der Waals surface area contributed by atoms with Crippen LogP contribution in [0.1, 0.15) is 15.9 Å². The molecule has 0 unspecified atom stereocenters. The minimum Gasteiger partial charge on any atom is -0.452 e. The van der Waals surface area contributed by atoms with Gasteiger partial charge in [-0.3, -0.25) is 14.9 Å². The van der Waals surface area contributed by atoms with E-state index in [0.29, 0.717) is 12.1 Å². The van der Waals surface area contributed by atoms with Gasteiger partial charge in [-0.1, -0.05) is 12.1 Å². The SMILES string of the molecule is O=C(COC(=O)c1ccccc1F)Nc1ccc(C(F)(F)F)cc1[N+](=O)[O-]. The number of rotatable bonds is 5. The maximum atomic E-state index is 13.4. The van der Waals surface area contributed by atoms with Gasteiger partial charge in [0.25, 0.3) is 11.6 Å². The number of carbonyl (C=O) groups is 2. The molecule has 11 heteroatoms. The molecule has 2 aromatic rings. The van der Waals surface area contributed by atoms with Crippen LogP contribution >= 0.6 is 0 Å². The van der Waals surface area contributed by atoms with Crippen LogP contribution in [0.5, 0.6) is 0 Å². The van der Waals surface area contributed by atoms with Crippen molar-refractivity contribution in [3.05, 3.63) is 69.5 Å². The summed E-state index contributed by atoms with van der Waals surface area (Å²) in [5.74, 6) is -3.07. The van der Waals surface area contributed by atoms with Gasteiger partial charge in [0, 0.05) is 6.07 Å². The van der Waals surface area contributed by atoms with Gasteiger partial charge in [-0.2, -0.15) is 13.2 Å². The van der Waals surface area contributed by atoms with Crippen LogP contribution in [0, 0.1) is 15.9 Å². The Morgan fingerprint density at radius 1 is 1.15 bits per heavy atom. The van der Waals surface area contributed by atoms with Crippen LogP contribution in [0.3, 0.4) is 0 Å². The zero-order chi connectivity index (χ0) is 20.2. The quantitative estimate of drug-likeness (QED) is 0.367. The van der Waals surface area contributed by atoms with E-state index in [2.05, 4.69) is 4.74 Å². The Kier molecular flexibility index (Phi) is 5.73. The van der Waals surface area contributed by atoms with Crippen molar-refractivity contribution >= 4 is 23.3 Å². The molecule has 0 saturated heterocycles. The smallest absolute Gasteiger partial charge is 0.416 e. The number of anilines is 1. The van der Waals surface area contributed by atoms with Crippen molar-refractivity contribution in [1.29, 1.82) is 0 Å². The number of alkyl halides is 3. The molecule has 142 valence electrons. The van der Waals surface area contributed by atoms with Crippen LogP contribution in [0.15, 0.2) is 42.5 Å². The molecule has 0 fully saturated rings. The number of esters is 1. The zero-order valence-corrected chi connectivity index (χ0v) is 13.2. The molecule has 7 nitrogen and oxygen atoms in total. The summed E-state index contributed by atoms with van der Waals surface area (Å²) in [4.78, 5) is 33.3. The standard InChI is InChI=1S/C16H10F4N2O5/c17-11-4-2-1-3-10(11)15(24)27-8-14(23)21-12-6-5-9(16(18,19)20)7-13(12)22(25)26/h1-7H,8H2,(H,21,23). The fourth-order valence-corrected chi connectivity index (χ4v) is 1.99. The Morgan fingerprint density at radius 2 is 1.81 bits per heavy atom. The lowest BCUT2D eigenvalue weighted by atomic mass is 10.1. The van der Waals surface area contributed by atoms with Gasteiger partial charge in [0.05, 0.1) is 16.1 Å². The Labute approximate surface area is 148 Å². The summed E-state index contributed by atoms with van der Waals surface area (Å²) in [7, 11) is 0. The third kappa shape index (κ3) is 5.00. The predicted octanol–water partition coefficient (Wildman–Crippen LogP) is 3.55. The summed E-state index contributed by atoms with van der Waals surface area (Å²) in [6, 6.07) is 6.35. The van der Waals surface area contributed by atoms with Crippen LogP contribution in [0.25, 0.3) is 0 Å². The van der Waals surface area contributed by atoms with Gasteiger partial charge in [-0.05, 0) is 24.3 Å². The molecule has 2 rings (SSSR count). The average Bonchev–Trinajstić information content (AvgIpc) is 2.59. The normalized spacial score (nSPS) is 11.0. The van der Waals surface area contributed by atoms with Gasteiger partial charge < -0.3 is 10.1 Å². The first-order valence-electron chi connectivity index (χ1n) is 7.16. The van der Waals surface area contributed by atoms with Crippen LogP contribution in [-0.2, 0) is 15.7 Å². The zero-order valence-electron chi connectivity index (χ0n) is 13.2. The van der Waals surface area contributed by atoms with Crippen LogP contribution in [-0.4, -0.2) is 23.4 Å². The molecule has 0 aliphatic rings. The highest BCUT2D eigenvalue weighted by molar-refractivity contribution is 5.96. The number of hydrogen-bond donors (Lipinski definition) is 1. The number of benzene rings is 2. The molecule has 1 amide bonds. The Bertz CT molecular complexity index is 899. The summed E-state index contributed by atoms with van der Waals surface area (Å²) in [5, 5.41) is 12.9. The van der Waals surface area contributed by atoms with E-state index in [1.807, 2.05) is 5.32 Å². The third-order valence-electron chi connectivity index (χ3n) is 3.22. The lowest BCUT2D eigenvalue weighted by Crippen LogP contribution is -2.22. The van der Waals surface area contributed by atoms with Gasteiger partial charge >= 0.3 is 12.1 Å². The van der Waals surface area contributed by atoms with E-state index in [-0.39, 0.29) is 6.07 Å². The maximum Gasteiger partial charge on any atom is 0.416 e. The van der Waals surface area contributed by atoms with Crippen LogP contribution in [0.4, 0.5) is 28.9 Å². The number of halogens is 4. The van der Waals surface area contributed by atoms with E-state index in [1.165, 1.54) is 12.1 Å². The Hall–Kier alpha value is -3.50. The second-order valence-corrected chi connectivity index (χ2v) is 5.09. The van der Waals surface area contributed by atoms with Gasteiger partial charge in [0.2, 0.25) is 0 Å². The molecule has 27 heavy (non-hydrogen) atoms. The fourth-order valence-electron chi connectivity index (χ4n) is 1.99. The molecule has 0 atom stereocenters. The molecule has 0 heterocycles. The number of carbonyl (C=O) groups excluding carboxylic acids is 2. The minimum atomic E-state index is -4.80. The summed E-state index contributed by atoms with van der Waals surface area (Å²) < 4.78 is 55.9. The largest absolute Gasteiger partial charge is 0.452 e. The number of nitrogens with zero attached hydrogens (tertiary/aromatic N) is 1. The van der Waals surface area contributed by atoms with Gasteiger partial charge in [-0.25, -0.2) is 9.18 Å². The van der Waals surface area contributed by atoms with Gasteiger partial charge in [0.1, 0.15) is 11.5 Å². The average molecular weight is 386 g/mol. The van der Waals surface area contributed by atoms with E-state index >= 15 is 0 Å². The molecular formula is C16H10F4N2O5. The van der Waals surface area contributed by atoms with Crippen molar-refractivity contribution in [3.8, 4) is 0 Å². The second kappa shape index (κ2) is 7.81. The van der Waals surface area contributed by atoms with Crippen molar-refractivity contribution in [2.24, 2.45) is 0 Å². The fraction of sp³-hybridized carbons (Fsp3) is 0.125. The highest BCUT2D eigenvalue weighted by Crippen LogP contribution is 2.34. The molecular weight excluding hydrogens is 376 g/mol. The first-order valence-corrected chi connectivity index (χ1v) is 7.16. The number of nitro groups is 1. The summed E-state index contributed by atoms with van der Waals surface area (Å²) in [6.45, 7) is -0.925. The van der Waals surface area contributed by atoms with E-state index < -0.39 is 57.9 Å². The number of hydrogen-bond acceptors (Lipinski definition) is 5. The molecule has 0 radical (unpaired) electrons. The highest BCUT2D eigenvalue weighted by Gasteiger charge is 2.33. The molecule has 1 N–H and O–H groups in total. The molecule has 0 aliphatic carbocycles. The highest BCUT2D eigenvalue weighted by atomic mass is 19.4. The van der Waals surface area contributed by atoms with E-state index in [4.69, 9.17) is 0 Å². The first-order chi connectivity index (χ1) is 12.6. The van der Waals surface area contributed by atoms with Crippen LogP contribution in [0.2, 0.25) is 0 Å². The van der Waals surface area contributed by atoms with E-state index in [1.54, 1.807) is 0 Å². The van der Waals surface area contributed by atoms with E-state index in [0.717, 1.165) is 12.1 Å². The summed E-state index contributed by atoms with van der Waals surface area (Å²) in [6.07, 6.45) is -4.80. The lowest BCUT2D eigenvalue weighted by molar-refractivity contribution is -0.384. The molecule has 0 aliphatic heterocycles. The first kappa shape index (κ1) is 19.8. The van der Waals surface area contributed by atoms with Crippen LogP contribution < -0.4 is 5.32 Å². The van der Waals surface area contributed by atoms with E-state index in [9.17, 15) is 37.3 Å². The lowest BCUT2D eigenvalue weighted by Gasteiger charge is -2.10. The molecule has 0 saturated carbocycles. The third-order valence-corrected chi connectivity index (χ3v) is 3.22. The summed E-state index contributed by atoms with van der Waals surface area (Å²) in [5.41, 5.74) is -3.19. The van der Waals surface area contributed by atoms with Gasteiger partial charge in [0.15, 0.2) is 6.61 Å². The van der Waals surface area contributed by atoms with Crippen molar-refractivity contribution in [3.63, 3.8) is 0 Å². The molecule has 0 aromatic heterocycles. The second-order valence-electron chi connectivity index (χ2n) is 5.09. The molecule has 0 bridgehead atoms. The molecule has 2 aromatic carbocycles. The Morgan fingerprint density at radius 3 is 2.41 bits per heavy atom. The van der Waals surface area contributed by atoms with Crippen molar-refractivity contribution < 1.29 is 36.8 Å². The number of ether oxygens (including phenoxy) is 1. The monoisotopic (exact) mass is 386 g/mol.